The van der Waals surface area contributed by atoms with Crippen molar-refractivity contribution in [2.24, 2.45) is 0 Å². The van der Waals surface area contributed by atoms with Gasteiger partial charge in [-0.1, -0.05) is 12.2 Å². The SMILES string of the molecule is COC(=O)[C@@H]1CCC[C@@H]2C/C=C\C[C@H](NC(=O)OC(C)(C)C)C(=O)N21. The lowest BCUT2D eigenvalue weighted by Gasteiger charge is -2.42. The molecule has 25 heavy (non-hydrogen) atoms. The van der Waals surface area contributed by atoms with E-state index in [2.05, 4.69) is 5.32 Å². The molecule has 2 amide bonds. The van der Waals surface area contributed by atoms with Crippen molar-refractivity contribution in [3.05, 3.63) is 12.2 Å². The van der Waals surface area contributed by atoms with Crippen LogP contribution in [0.5, 0.6) is 0 Å². The van der Waals surface area contributed by atoms with Gasteiger partial charge < -0.3 is 19.7 Å². The molecule has 3 atom stereocenters. The Morgan fingerprint density at radius 1 is 1.20 bits per heavy atom. The van der Waals surface area contributed by atoms with Crippen molar-refractivity contribution in [3.8, 4) is 0 Å². The zero-order valence-electron chi connectivity index (χ0n) is 15.4. The molecule has 1 saturated heterocycles. The normalized spacial score (nSPS) is 28.2. The lowest BCUT2D eigenvalue weighted by atomic mass is 9.90. The summed E-state index contributed by atoms with van der Waals surface area (Å²) in [5, 5.41) is 2.65. The molecular formula is C18H28N2O5. The Bertz CT molecular complexity index is 552. The van der Waals surface area contributed by atoms with Crippen molar-refractivity contribution in [1.82, 2.24) is 10.2 Å². The lowest BCUT2D eigenvalue weighted by molar-refractivity contribution is -0.158. The number of hydrogen-bond acceptors (Lipinski definition) is 5. The molecule has 1 N–H and O–H groups in total. The van der Waals surface area contributed by atoms with E-state index in [-0.39, 0.29) is 11.9 Å². The monoisotopic (exact) mass is 352 g/mol. The molecular weight excluding hydrogens is 324 g/mol. The Morgan fingerprint density at radius 3 is 2.52 bits per heavy atom. The van der Waals surface area contributed by atoms with Crippen LogP contribution in [0.2, 0.25) is 0 Å². The molecule has 0 unspecified atom stereocenters. The molecule has 140 valence electrons. The summed E-state index contributed by atoms with van der Waals surface area (Å²) in [5.41, 5.74) is -0.646. The standard InChI is InChI=1S/C18H28N2O5/c1-18(2,3)25-17(23)19-13-10-6-5-8-12-9-7-11-14(16(22)24-4)20(12)15(13)21/h5-6,12-14H,7-11H2,1-4H3,(H,19,23)/b6-5-/t12-,13-,14-/m0/s1. The first-order valence-electron chi connectivity index (χ1n) is 8.77. The molecule has 0 bridgehead atoms. The summed E-state index contributed by atoms with van der Waals surface area (Å²) >= 11 is 0. The van der Waals surface area contributed by atoms with Crippen molar-refractivity contribution in [2.75, 3.05) is 7.11 Å². The quantitative estimate of drug-likeness (QED) is 0.608. The third kappa shape index (κ3) is 4.96. The van der Waals surface area contributed by atoms with Crippen LogP contribution in [0.4, 0.5) is 4.79 Å². The molecule has 0 aliphatic carbocycles. The third-order valence-corrected chi connectivity index (χ3v) is 4.41. The Morgan fingerprint density at radius 2 is 1.88 bits per heavy atom. The van der Waals surface area contributed by atoms with Gasteiger partial charge in [0.2, 0.25) is 5.91 Å². The highest BCUT2D eigenvalue weighted by Gasteiger charge is 2.41. The number of carbonyl (C=O) groups excluding carboxylic acids is 3. The number of hydrogen-bond donors (Lipinski definition) is 1. The Kier molecular flexibility index (Phi) is 6.08. The molecule has 7 nitrogen and oxygen atoms in total. The van der Waals surface area contributed by atoms with Crippen molar-refractivity contribution in [3.63, 3.8) is 0 Å². The van der Waals surface area contributed by atoms with Gasteiger partial charge in [0.25, 0.3) is 0 Å². The first-order valence-corrected chi connectivity index (χ1v) is 8.77. The minimum absolute atomic E-state index is 0.0511. The summed E-state index contributed by atoms with van der Waals surface area (Å²) in [6, 6.07) is -1.39. The average molecular weight is 352 g/mol. The molecule has 2 heterocycles. The summed E-state index contributed by atoms with van der Waals surface area (Å²) in [4.78, 5) is 38.9. The maximum atomic E-state index is 13.1. The second-order valence-corrected chi connectivity index (χ2v) is 7.51. The number of ether oxygens (including phenoxy) is 2. The Balaban J connectivity index is 2.20. The third-order valence-electron chi connectivity index (χ3n) is 4.41. The number of alkyl carbamates (subject to hydrolysis) is 1. The molecule has 0 aromatic heterocycles. The number of piperidine rings is 1. The van der Waals surface area contributed by atoms with E-state index in [9.17, 15) is 14.4 Å². The fraction of sp³-hybridized carbons (Fsp3) is 0.722. The molecule has 1 fully saturated rings. The predicted octanol–water partition coefficient (Wildman–Crippen LogP) is 2.15. The maximum absolute atomic E-state index is 13.1. The summed E-state index contributed by atoms with van der Waals surface area (Å²) in [6.45, 7) is 5.29. The van der Waals surface area contributed by atoms with Gasteiger partial charge in [0.1, 0.15) is 17.7 Å². The summed E-state index contributed by atoms with van der Waals surface area (Å²) in [6.07, 6.45) is 6.63. The molecule has 0 saturated carbocycles. The van der Waals surface area contributed by atoms with E-state index in [0.29, 0.717) is 19.3 Å². The van der Waals surface area contributed by atoms with Gasteiger partial charge in [0, 0.05) is 6.04 Å². The minimum atomic E-state index is -0.751. The van der Waals surface area contributed by atoms with Gasteiger partial charge in [-0.2, -0.15) is 0 Å². The van der Waals surface area contributed by atoms with Crippen LogP contribution in [0.3, 0.4) is 0 Å². The van der Waals surface area contributed by atoms with Crippen LogP contribution < -0.4 is 5.32 Å². The molecule has 2 rings (SSSR count). The lowest BCUT2D eigenvalue weighted by Crippen LogP contribution is -2.59. The van der Waals surface area contributed by atoms with Gasteiger partial charge in [-0.25, -0.2) is 9.59 Å². The van der Waals surface area contributed by atoms with Gasteiger partial charge in [0.05, 0.1) is 7.11 Å². The van der Waals surface area contributed by atoms with Crippen molar-refractivity contribution < 1.29 is 23.9 Å². The van der Waals surface area contributed by atoms with E-state index < -0.39 is 29.7 Å². The van der Waals surface area contributed by atoms with Gasteiger partial charge in [-0.05, 0) is 52.9 Å². The van der Waals surface area contributed by atoms with Crippen LogP contribution in [0, 0.1) is 0 Å². The van der Waals surface area contributed by atoms with E-state index in [0.717, 1.165) is 12.8 Å². The van der Waals surface area contributed by atoms with Crippen molar-refractivity contribution in [2.45, 2.75) is 76.6 Å². The maximum Gasteiger partial charge on any atom is 0.408 e. The van der Waals surface area contributed by atoms with Gasteiger partial charge >= 0.3 is 12.1 Å². The fourth-order valence-corrected chi connectivity index (χ4v) is 3.35. The molecule has 7 heteroatoms. The number of esters is 1. The van der Waals surface area contributed by atoms with Crippen LogP contribution in [-0.2, 0) is 19.1 Å². The number of fused-ring (bicyclic) bond motifs is 1. The van der Waals surface area contributed by atoms with Gasteiger partial charge in [-0.15, -0.1) is 0 Å². The highest BCUT2D eigenvalue weighted by atomic mass is 16.6. The second-order valence-electron chi connectivity index (χ2n) is 7.51. The summed E-state index contributed by atoms with van der Waals surface area (Å²) < 4.78 is 10.1. The van der Waals surface area contributed by atoms with Crippen molar-refractivity contribution >= 4 is 18.0 Å². The number of nitrogens with one attached hydrogen (secondary N) is 1. The van der Waals surface area contributed by atoms with Crippen LogP contribution in [-0.4, -0.2) is 53.7 Å². The number of nitrogens with zero attached hydrogens (tertiary/aromatic N) is 1. The van der Waals surface area contributed by atoms with E-state index >= 15 is 0 Å². The smallest absolute Gasteiger partial charge is 0.408 e. The largest absolute Gasteiger partial charge is 0.467 e. The van der Waals surface area contributed by atoms with Gasteiger partial charge in [-0.3, -0.25) is 4.79 Å². The molecule has 0 spiro atoms. The molecule has 2 aliphatic heterocycles. The van der Waals surface area contributed by atoms with E-state index in [1.54, 1.807) is 25.7 Å². The first-order chi connectivity index (χ1) is 11.7. The average Bonchev–Trinajstić information content (AvgIpc) is 2.52. The first kappa shape index (κ1) is 19.3. The number of rotatable bonds is 2. The Labute approximate surface area is 148 Å². The number of carbonyl (C=O) groups is 3. The highest BCUT2D eigenvalue weighted by molar-refractivity contribution is 5.90. The van der Waals surface area contributed by atoms with Crippen LogP contribution >= 0.6 is 0 Å². The van der Waals surface area contributed by atoms with Crippen LogP contribution in [0.15, 0.2) is 12.2 Å². The summed E-state index contributed by atoms with van der Waals surface area (Å²) in [7, 11) is 1.33. The van der Waals surface area contributed by atoms with Crippen LogP contribution in [0.25, 0.3) is 0 Å². The zero-order chi connectivity index (χ0) is 18.6. The van der Waals surface area contributed by atoms with Crippen LogP contribution in [0.1, 0.15) is 52.9 Å². The predicted molar refractivity (Wildman–Crippen MR) is 91.8 cm³/mol. The molecule has 0 radical (unpaired) electrons. The Hall–Kier alpha value is -2.05. The van der Waals surface area contributed by atoms with E-state index in [1.807, 2.05) is 12.2 Å². The molecule has 2 aliphatic rings. The minimum Gasteiger partial charge on any atom is -0.467 e. The highest BCUT2D eigenvalue weighted by Crippen LogP contribution is 2.28. The number of amides is 2. The molecule has 0 aromatic carbocycles. The van der Waals surface area contributed by atoms with Gasteiger partial charge in [0.15, 0.2) is 0 Å². The second kappa shape index (κ2) is 7.89. The fourth-order valence-electron chi connectivity index (χ4n) is 3.35. The molecule has 0 aromatic rings. The van der Waals surface area contributed by atoms with Crippen molar-refractivity contribution in [1.29, 1.82) is 0 Å². The summed E-state index contributed by atoms with van der Waals surface area (Å²) in [5.74, 6) is -0.658. The topological polar surface area (TPSA) is 84.9 Å². The van der Waals surface area contributed by atoms with E-state index in [4.69, 9.17) is 9.47 Å². The van der Waals surface area contributed by atoms with E-state index in [1.165, 1.54) is 7.11 Å². The zero-order valence-corrected chi connectivity index (χ0v) is 15.4. The number of methoxy groups -OCH3 is 1.